The maximum absolute atomic E-state index is 11.9. The van der Waals surface area contributed by atoms with Crippen molar-refractivity contribution >= 4 is 28.2 Å². The SMILES string of the molecule is C/C=C\C(=O)Nc1sc(C)c(C)c1C(=O)OCC. The van der Waals surface area contributed by atoms with Crippen LogP contribution >= 0.6 is 11.3 Å². The minimum atomic E-state index is -0.393. The van der Waals surface area contributed by atoms with Gasteiger partial charge in [0.1, 0.15) is 5.00 Å². The fourth-order valence-electron chi connectivity index (χ4n) is 1.47. The lowest BCUT2D eigenvalue weighted by Crippen LogP contribution is -2.12. The molecule has 0 fully saturated rings. The molecule has 0 saturated heterocycles. The molecular formula is C13H17NO3S. The van der Waals surface area contributed by atoms with Gasteiger partial charge in [0.15, 0.2) is 0 Å². The Morgan fingerprint density at radius 3 is 2.61 bits per heavy atom. The van der Waals surface area contributed by atoms with Crippen LogP contribution in [0.1, 0.15) is 34.6 Å². The number of carbonyl (C=O) groups excluding carboxylic acids is 2. The van der Waals surface area contributed by atoms with Crippen LogP contribution in [0.25, 0.3) is 0 Å². The molecular weight excluding hydrogens is 250 g/mol. The number of ether oxygens (including phenoxy) is 1. The summed E-state index contributed by atoms with van der Waals surface area (Å²) in [6, 6.07) is 0. The Morgan fingerprint density at radius 1 is 1.39 bits per heavy atom. The number of rotatable bonds is 4. The van der Waals surface area contributed by atoms with Gasteiger partial charge >= 0.3 is 5.97 Å². The molecule has 0 radical (unpaired) electrons. The predicted molar refractivity (Wildman–Crippen MR) is 73.2 cm³/mol. The van der Waals surface area contributed by atoms with E-state index in [2.05, 4.69) is 5.32 Å². The zero-order valence-electron chi connectivity index (χ0n) is 11.0. The first-order valence-electron chi connectivity index (χ1n) is 5.72. The highest BCUT2D eigenvalue weighted by Gasteiger charge is 2.21. The maximum atomic E-state index is 11.9. The quantitative estimate of drug-likeness (QED) is 0.674. The Morgan fingerprint density at radius 2 is 2.06 bits per heavy atom. The molecule has 98 valence electrons. The van der Waals surface area contributed by atoms with E-state index in [0.717, 1.165) is 10.4 Å². The Bertz CT molecular complexity index is 489. The van der Waals surface area contributed by atoms with Gasteiger partial charge in [-0.1, -0.05) is 6.08 Å². The number of hydrogen-bond acceptors (Lipinski definition) is 4. The summed E-state index contributed by atoms with van der Waals surface area (Å²) in [4.78, 5) is 24.4. The smallest absolute Gasteiger partial charge is 0.341 e. The van der Waals surface area contributed by atoms with E-state index in [1.54, 1.807) is 19.9 Å². The minimum Gasteiger partial charge on any atom is -0.462 e. The van der Waals surface area contributed by atoms with E-state index < -0.39 is 5.97 Å². The number of thiophene rings is 1. The number of aryl methyl sites for hydroxylation is 1. The molecule has 4 nitrogen and oxygen atoms in total. The van der Waals surface area contributed by atoms with Gasteiger partial charge in [-0.25, -0.2) is 4.79 Å². The van der Waals surface area contributed by atoms with E-state index in [0.29, 0.717) is 17.2 Å². The van der Waals surface area contributed by atoms with Gasteiger partial charge < -0.3 is 10.1 Å². The zero-order valence-corrected chi connectivity index (χ0v) is 11.8. The molecule has 18 heavy (non-hydrogen) atoms. The first-order chi connectivity index (χ1) is 8.51. The average molecular weight is 267 g/mol. The van der Waals surface area contributed by atoms with E-state index in [1.165, 1.54) is 17.4 Å². The summed E-state index contributed by atoms with van der Waals surface area (Å²) in [6.07, 6.45) is 3.06. The molecule has 5 heteroatoms. The summed E-state index contributed by atoms with van der Waals surface area (Å²) in [5.41, 5.74) is 1.31. The van der Waals surface area contributed by atoms with Gasteiger partial charge in [-0.2, -0.15) is 0 Å². The number of amides is 1. The molecule has 0 atom stereocenters. The van der Waals surface area contributed by atoms with E-state index >= 15 is 0 Å². The second kappa shape index (κ2) is 6.35. The largest absolute Gasteiger partial charge is 0.462 e. The van der Waals surface area contributed by atoms with Crippen LogP contribution in [0.4, 0.5) is 5.00 Å². The van der Waals surface area contributed by atoms with Crippen LogP contribution in [-0.2, 0) is 9.53 Å². The van der Waals surface area contributed by atoms with Gasteiger partial charge in [0, 0.05) is 4.88 Å². The van der Waals surface area contributed by atoms with Gasteiger partial charge in [0.05, 0.1) is 12.2 Å². The third kappa shape index (κ3) is 3.20. The Balaban J connectivity index is 3.08. The van der Waals surface area contributed by atoms with Crippen molar-refractivity contribution in [2.24, 2.45) is 0 Å². The van der Waals surface area contributed by atoms with Gasteiger partial charge in [-0.15, -0.1) is 11.3 Å². The van der Waals surface area contributed by atoms with Crippen LogP contribution in [0, 0.1) is 13.8 Å². The third-order valence-corrected chi connectivity index (χ3v) is 3.54. The molecule has 1 heterocycles. The Labute approximate surface area is 111 Å². The molecule has 0 spiro atoms. The lowest BCUT2D eigenvalue weighted by Gasteiger charge is -2.05. The van der Waals surface area contributed by atoms with Crippen LogP contribution in [0.2, 0.25) is 0 Å². The number of allylic oxidation sites excluding steroid dienone is 1. The molecule has 0 aliphatic rings. The minimum absolute atomic E-state index is 0.246. The van der Waals surface area contributed by atoms with Gasteiger partial charge in [-0.05, 0) is 39.3 Å². The van der Waals surface area contributed by atoms with E-state index in [-0.39, 0.29) is 5.91 Å². The first kappa shape index (κ1) is 14.4. The number of nitrogens with one attached hydrogen (secondary N) is 1. The molecule has 1 aromatic rings. The van der Waals surface area contributed by atoms with Crippen molar-refractivity contribution in [1.82, 2.24) is 0 Å². The molecule has 1 aromatic heterocycles. The molecule has 1 N–H and O–H groups in total. The molecule has 1 rings (SSSR count). The van der Waals surface area contributed by atoms with Crippen molar-refractivity contribution in [3.8, 4) is 0 Å². The lowest BCUT2D eigenvalue weighted by atomic mass is 10.1. The van der Waals surface area contributed by atoms with Gasteiger partial charge in [0.2, 0.25) is 5.91 Å². The fourth-order valence-corrected chi connectivity index (χ4v) is 2.52. The molecule has 1 amide bonds. The van der Waals surface area contributed by atoms with Crippen LogP contribution in [0.5, 0.6) is 0 Å². The van der Waals surface area contributed by atoms with Crippen molar-refractivity contribution in [2.45, 2.75) is 27.7 Å². The van der Waals surface area contributed by atoms with E-state index in [1.807, 2.05) is 13.8 Å². The van der Waals surface area contributed by atoms with Crippen LogP contribution in [0.15, 0.2) is 12.2 Å². The second-order valence-corrected chi connectivity index (χ2v) is 4.92. The number of carbonyl (C=O) groups is 2. The van der Waals surface area contributed by atoms with Gasteiger partial charge in [-0.3, -0.25) is 4.79 Å². The van der Waals surface area contributed by atoms with Crippen LogP contribution in [-0.4, -0.2) is 18.5 Å². The van der Waals surface area contributed by atoms with Crippen LogP contribution in [0.3, 0.4) is 0 Å². The summed E-state index contributed by atoms with van der Waals surface area (Å²) < 4.78 is 5.00. The highest BCUT2D eigenvalue weighted by Crippen LogP contribution is 2.32. The normalized spacial score (nSPS) is 10.7. The number of hydrogen-bond donors (Lipinski definition) is 1. The van der Waals surface area contributed by atoms with E-state index in [4.69, 9.17) is 4.74 Å². The molecule has 0 saturated carbocycles. The average Bonchev–Trinajstić information content (AvgIpc) is 2.55. The number of esters is 1. The Kier molecular flexibility index (Phi) is 5.09. The molecule has 0 unspecified atom stereocenters. The van der Waals surface area contributed by atoms with Crippen molar-refractivity contribution in [3.63, 3.8) is 0 Å². The molecule has 0 aliphatic heterocycles. The van der Waals surface area contributed by atoms with Crippen LogP contribution < -0.4 is 5.32 Å². The van der Waals surface area contributed by atoms with Crippen molar-refractivity contribution in [2.75, 3.05) is 11.9 Å². The molecule has 0 bridgehead atoms. The predicted octanol–water partition coefficient (Wildman–Crippen LogP) is 3.06. The first-order valence-corrected chi connectivity index (χ1v) is 6.53. The van der Waals surface area contributed by atoms with Crippen molar-refractivity contribution in [3.05, 3.63) is 28.2 Å². The third-order valence-electron chi connectivity index (χ3n) is 2.42. The Hall–Kier alpha value is -1.62. The van der Waals surface area contributed by atoms with Crippen molar-refractivity contribution < 1.29 is 14.3 Å². The summed E-state index contributed by atoms with van der Waals surface area (Å²) in [5.74, 6) is -0.639. The molecule has 0 aromatic carbocycles. The zero-order chi connectivity index (χ0) is 13.7. The maximum Gasteiger partial charge on any atom is 0.341 e. The van der Waals surface area contributed by atoms with Gasteiger partial charge in [0.25, 0.3) is 0 Å². The summed E-state index contributed by atoms with van der Waals surface area (Å²) >= 11 is 1.38. The number of anilines is 1. The van der Waals surface area contributed by atoms with E-state index in [9.17, 15) is 9.59 Å². The van der Waals surface area contributed by atoms with Crippen molar-refractivity contribution in [1.29, 1.82) is 0 Å². The summed E-state index contributed by atoms with van der Waals surface area (Å²) in [5, 5.41) is 3.25. The molecule has 0 aliphatic carbocycles. The fraction of sp³-hybridized carbons (Fsp3) is 0.385. The summed E-state index contributed by atoms with van der Waals surface area (Å²) in [7, 11) is 0. The topological polar surface area (TPSA) is 55.4 Å². The highest BCUT2D eigenvalue weighted by atomic mass is 32.1. The standard InChI is InChI=1S/C13H17NO3S/c1-5-7-10(15)14-12-11(13(16)17-6-2)8(3)9(4)18-12/h5,7H,6H2,1-4H3,(H,14,15)/b7-5-. The highest BCUT2D eigenvalue weighted by molar-refractivity contribution is 7.16. The second-order valence-electron chi connectivity index (χ2n) is 3.70. The summed E-state index contributed by atoms with van der Waals surface area (Å²) in [6.45, 7) is 7.59. The lowest BCUT2D eigenvalue weighted by molar-refractivity contribution is -0.111. The monoisotopic (exact) mass is 267 g/mol.